The van der Waals surface area contributed by atoms with Gasteiger partial charge in [-0.25, -0.2) is 9.13 Å². The van der Waals surface area contributed by atoms with Crippen molar-refractivity contribution in [3.05, 3.63) is 194 Å². The lowest BCUT2D eigenvalue weighted by Gasteiger charge is -2.21. The van der Waals surface area contributed by atoms with Crippen LogP contribution >= 0.6 is 15.6 Å². The highest BCUT2D eigenvalue weighted by Crippen LogP contribution is 2.45. The fraction of sp³-hybridized carbons (Fsp3) is 0.607. The minimum atomic E-state index is -4.97. The third-order valence-corrected chi connectivity index (χ3v) is 18.2. The molecule has 0 radical (unpaired) electrons. The van der Waals surface area contributed by atoms with Gasteiger partial charge >= 0.3 is 33.6 Å². The van der Waals surface area contributed by atoms with Crippen molar-refractivity contribution in [3.63, 3.8) is 0 Å². The lowest BCUT2D eigenvalue weighted by atomic mass is 10.0. The first-order valence-electron chi connectivity index (χ1n) is 40.7. The summed E-state index contributed by atoms with van der Waals surface area (Å²) in [5, 5.41) is 20.7. The molecular weight excluding hydrogens is 1390 g/mol. The van der Waals surface area contributed by atoms with Crippen LogP contribution in [0.3, 0.4) is 0 Å². The molecule has 0 saturated heterocycles. The van der Waals surface area contributed by atoms with Crippen molar-refractivity contribution in [2.75, 3.05) is 39.6 Å². The molecule has 0 aliphatic heterocycles. The van der Waals surface area contributed by atoms with E-state index in [4.69, 9.17) is 32.3 Å². The minimum Gasteiger partial charge on any atom is -0.463 e. The molecule has 0 bridgehead atoms. The molecule has 0 aromatic rings. The maximum absolute atomic E-state index is 13.0. The summed E-state index contributed by atoms with van der Waals surface area (Å²) in [5.41, 5.74) is 0. The molecule has 0 rings (SSSR count). The number of aliphatic hydroxyl groups excluding tert-OH is 2. The molecule has 0 heterocycles. The van der Waals surface area contributed by atoms with Gasteiger partial charge in [-0.3, -0.25) is 32.5 Å². The van der Waals surface area contributed by atoms with Gasteiger partial charge in [0.2, 0.25) is 0 Å². The smallest absolute Gasteiger partial charge is 0.463 e. The zero-order valence-corrected chi connectivity index (χ0v) is 68.0. The van der Waals surface area contributed by atoms with E-state index >= 15 is 0 Å². The average molecular weight is 1530 g/mol. The molecule has 606 valence electrons. The van der Waals surface area contributed by atoms with Crippen LogP contribution in [0.15, 0.2) is 194 Å². The van der Waals surface area contributed by atoms with Gasteiger partial charge in [-0.1, -0.05) is 312 Å². The zero-order valence-electron chi connectivity index (χ0n) is 66.2. The van der Waals surface area contributed by atoms with Crippen molar-refractivity contribution in [1.29, 1.82) is 0 Å². The number of rotatable bonds is 75. The van der Waals surface area contributed by atoms with Crippen LogP contribution in [0.1, 0.15) is 290 Å². The van der Waals surface area contributed by atoms with Crippen LogP contribution in [0.5, 0.6) is 0 Å². The molecule has 18 heteroatoms. The highest BCUT2D eigenvalue weighted by molar-refractivity contribution is 7.47. The van der Waals surface area contributed by atoms with Crippen LogP contribution in [0.2, 0.25) is 0 Å². The summed E-state index contributed by atoms with van der Waals surface area (Å²) >= 11 is 0. The molecular formula is C89H144O16P2. The third-order valence-electron chi connectivity index (χ3n) is 16.3. The van der Waals surface area contributed by atoms with Crippen molar-refractivity contribution in [2.24, 2.45) is 0 Å². The maximum Gasteiger partial charge on any atom is 0.472 e. The summed E-state index contributed by atoms with van der Waals surface area (Å²) in [7, 11) is -9.84. The number of allylic oxidation sites excluding steroid dienone is 32. The summed E-state index contributed by atoms with van der Waals surface area (Å²) in [6, 6.07) is 0. The molecule has 0 aromatic heterocycles. The standard InChI is InChI=1S/C89H144O16P2/c1-4-7-10-13-16-19-22-25-28-31-34-36-38-40-41-43-45-46-49-51-54-57-60-63-66-69-72-75-87(92)99-78-84(90)79-101-106(95,96)102-80-85(91)81-103-107(97,98)104-83-86(105-89(94)77-74-71-68-65-62-59-56-53-48-33-30-27-24-21-18-15-12-9-6-3)82-100-88(93)76-73-70-67-64-61-58-55-52-50-47-44-42-39-37-35-32-29-26-23-20-17-14-11-8-5-2/h8-9,11-12,16-21,25-30,34-37,40-42,44,48,50,52-53,59,62,68,71,84-86,90-91H,4-7,10,13-15,22-24,31-33,38-39,43,45-47,49,51,54-58,60-61,63-67,69-70,72-83H2,1-3H3,(H,95,96)(H,97,98)/b11-8-,12-9-,19-16-,20-17-,21-18-,28-25-,29-26-,30-27-,36-34-,37-35-,41-40-,44-42-,52-50-,53-48-,62-59-,71-68-. The number of unbranched alkanes of at least 4 members (excludes halogenated alkanes) is 20. The second-order valence-corrected chi connectivity index (χ2v) is 29.4. The Morgan fingerprint density at radius 3 is 0.822 bits per heavy atom. The summed E-state index contributed by atoms with van der Waals surface area (Å²) in [6.45, 7) is 2.30. The maximum atomic E-state index is 13.0. The van der Waals surface area contributed by atoms with E-state index in [0.29, 0.717) is 25.7 Å². The van der Waals surface area contributed by atoms with Crippen molar-refractivity contribution in [2.45, 2.75) is 309 Å². The van der Waals surface area contributed by atoms with E-state index in [9.17, 15) is 43.5 Å². The van der Waals surface area contributed by atoms with Gasteiger partial charge in [-0.15, -0.1) is 0 Å². The molecule has 0 aromatic carbocycles. The largest absolute Gasteiger partial charge is 0.472 e. The summed E-state index contributed by atoms with van der Waals surface area (Å²) in [5.74, 6) is -1.71. The molecule has 0 spiro atoms. The molecule has 0 aliphatic carbocycles. The molecule has 16 nitrogen and oxygen atoms in total. The van der Waals surface area contributed by atoms with Gasteiger partial charge in [0.25, 0.3) is 0 Å². The van der Waals surface area contributed by atoms with Crippen LogP contribution in [-0.2, 0) is 55.8 Å². The predicted molar refractivity (Wildman–Crippen MR) is 444 cm³/mol. The molecule has 0 saturated carbocycles. The SMILES string of the molecule is CC/C=C\C/C=C\C/C=C\C/C=C\C/C=C\C/C=C\CCCCCCCCC(=O)OCC(COP(=O)(O)OCC(O)COP(=O)(O)OCC(O)COC(=O)CCCCCCCCCCCCC/C=C\C/C=C\C/C=C\C/C=C\CCCCC)OC(=O)CC/C=C\C/C=C\C/C=C\C/C=C\C/C=C\C/C=C\CC. The van der Waals surface area contributed by atoms with Gasteiger partial charge in [-0.05, 0) is 154 Å². The molecule has 5 atom stereocenters. The molecule has 0 fully saturated rings. The molecule has 0 amide bonds. The number of hydrogen-bond donors (Lipinski definition) is 4. The Bertz CT molecular complexity index is 2720. The Balaban J connectivity index is 4.72. The van der Waals surface area contributed by atoms with Gasteiger partial charge in [0, 0.05) is 19.3 Å². The average Bonchev–Trinajstić information content (AvgIpc) is 0.909. The first kappa shape index (κ1) is 101. The molecule has 5 unspecified atom stereocenters. The fourth-order valence-electron chi connectivity index (χ4n) is 10.2. The quantitative estimate of drug-likeness (QED) is 0.0146. The lowest BCUT2D eigenvalue weighted by molar-refractivity contribution is -0.161. The van der Waals surface area contributed by atoms with Gasteiger partial charge in [0.05, 0.1) is 26.4 Å². The van der Waals surface area contributed by atoms with Gasteiger partial charge in [-0.2, -0.15) is 0 Å². The molecule has 0 aliphatic rings. The Morgan fingerprint density at radius 1 is 0.271 bits per heavy atom. The molecule has 4 N–H and O–H groups in total. The van der Waals surface area contributed by atoms with E-state index in [2.05, 4.69) is 197 Å². The lowest BCUT2D eigenvalue weighted by Crippen LogP contribution is -2.29. The number of esters is 3. The van der Waals surface area contributed by atoms with Crippen LogP contribution in [0.4, 0.5) is 0 Å². The number of ether oxygens (including phenoxy) is 3. The van der Waals surface area contributed by atoms with Crippen molar-refractivity contribution < 1.29 is 75.8 Å². The number of aliphatic hydroxyl groups is 2. The van der Waals surface area contributed by atoms with Crippen LogP contribution < -0.4 is 0 Å². The van der Waals surface area contributed by atoms with Gasteiger partial charge < -0.3 is 34.2 Å². The van der Waals surface area contributed by atoms with E-state index < -0.39 is 91.5 Å². The highest BCUT2D eigenvalue weighted by atomic mass is 31.2. The second-order valence-electron chi connectivity index (χ2n) is 26.5. The molecule has 107 heavy (non-hydrogen) atoms. The zero-order chi connectivity index (χ0) is 78.0. The van der Waals surface area contributed by atoms with Gasteiger partial charge in [0.15, 0.2) is 6.10 Å². The van der Waals surface area contributed by atoms with Crippen LogP contribution in [0.25, 0.3) is 0 Å². The van der Waals surface area contributed by atoms with E-state index in [1.54, 1.807) is 0 Å². The van der Waals surface area contributed by atoms with Crippen molar-refractivity contribution in [3.8, 4) is 0 Å². The van der Waals surface area contributed by atoms with Crippen molar-refractivity contribution in [1.82, 2.24) is 0 Å². The summed E-state index contributed by atoms with van der Waals surface area (Å²) < 4.78 is 61.1. The summed E-state index contributed by atoms with van der Waals surface area (Å²) in [4.78, 5) is 58.7. The minimum absolute atomic E-state index is 0.0325. The van der Waals surface area contributed by atoms with Crippen LogP contribution in [0, 0.1) is 0 Å². The van der Waals surface area contributed by atoms with E-state index in [-0.39, 0.29) is 19.3 Å². The third kappa shape index (κ3) is 81.2. The van der Waals surface area contributed by atoms with Crippen molar-refractivity contribution >= 4 is 33.6 Å². The Kier molecular flexibility index (Phi) is 75.7. The first-order chi connectivity index (χ1) is 52.2. The predicted octanol–water partition coefficient (Wildman–Crippen LogP) is 24.3. The van der Waals surface area contributed by atoms with Crippen LogP contribution in [-0.4, -0.2) is 95.9 Å². The number of carbonyl (C=O) groups excluding carboxylic acids is 3. The normalized spacial score (nSPS) is 14.9. The topological polar surface area (TPSA) is 231 Å². The summed E-state index contributed by atoms with van der Waals surface area (Å²) in [6.07, 6.45) is 105. The number of phosphoric ester groups is 2. The fourth-order valence-corrected chi connectivity index (χ4v) is 11.8. The second kappa shape index (κ2) is 79.9. The monoisotopic (exact) mass is 1530 g/mol. The van der Waals surface area contributed by atoms with E-state index in [1.165, 1.54) is 64.2 Å². The Labute approximate surface area is 648 Å². The first-order valence-corrected chi connectivity index (χ1v) is 43.7. The number of hydrogen-bond acceptors (Lipinski definition) is 14. The Hall–Kier alpha value is -5.61. The number of carbonyl (C=O) groups is 3. The Morgan fingerprint density at radius 2 is 0.514 bits per heavy atom. The highest BCUT2D eigenvalue weighted by Gasteiger charge is 2.29. The van der Waals surface area contributed by atoms with E-state index in [1.807, 2.05) is 18.2 Å². The van der Waals surface area contributed by atoms with Gasteiger partial charge in [0.1, 0.15) is 25.4 Å². The number of phosphoric acid groups is 2. The van der Waals surface area contributed by atoms with E-state index in [0.717, 1.165) is 161 Å².